The van der Waals surface area contributed by atoms with E-state index in [2.05, 4.69) is 0 Å². The average Bonchev–Trinajstić information content (AvgIpc) is 3.43. The van der Waals surface area contributed by atoms with Gasteiger partial charge in [0.1, 0.15) is 5.69 Å². The van der Waals surface area contributed by atoms with Crippen LogP contribution in [0.2, 0.25) is 5.02 Å². The zero-order chi connectivity index (χ0) is 29.8. The van der Waals surface area contributed by atoms with E-state index >= 15 is 0 Å². The number of rotatable bonds is 5. The molecule has 218 valence electrons. The van der Waals surface area contributed by atoms with Gasteiger partial charge < -0.3 is 4.90 Å². The van der Waals surface area contributed by atoms with Crippen LogP contribution in [0.5, 0.6) is 0 Å². The van der Waals surface area contributed by atoms with Crippen LogP contribution < -0.4 is 14.7 Å². The van der Waals surface area contributed by atoms with Gasteiger partial charge in [-0.15, -0.1) is 11.8 Å². The Labute approximate surface area is 247 Å². The van der Waals surface area contributed by atoms with Crippen molar-refractivity contribution in [2.24, 2.45) is 0 Å². The van der Waals surface area contributed by atoms with Crippen molar-refractivity contribution in [3.05, 3.63) is 93.0 Å². The molecule has 2 fully saturated rings. The van der Waals surface area contributed by atoms with Gasteiger partial charge in [-0.25, -0.2) is 0 Å². The number of benzene rings is 3. The molecule has 3 aliphatic heterocycles. The molecule has 1 atom stereocenters. The van der Waals surface area contributed by atoms with Gasteiger partial charge in [0.25, 0.3) is 11.6 Å². The number of amides is 2. The average molecular weight is 618 g/mol. The van der Waals surface area contributed by atoms with Crippen LogP contribution in [0.3, 0.4) is 0 Å². The number of fused-ring (bicyclic) bond motifs is 2. The van der Waals surface area contributed by atoms with Crippen molar-refractivity contribution in [2.75, 3.05) is 53.3 Å². The topological polar surface area (TPSA) is 90.2 Å². The molecular weight excluding hydrogens is 595 g/mol. The molecule has 0 saturated carbocycles. The Kier molecular flexibility index (Phi) is 7.06. The fourth-order valence-corrected chi connectivity index (χ4v) is 7.30. The zero-order valence-corrected chi connectivity index (χ0v) is 23.5. The maximum atomic E-state index is 14.3. The molecule has 2 amide bonds. The highest BCUT2D eigenvalue weighted by molar-refractivity contribution is 8.02. The number of nitro groups is 1. The van der Waals surface area contributed by atoms with Gasteiger partial charge in [-0.05, 0) is 36.4 Å². The smallest absolute Gasteiger partial charge is 0.363 e. The Bertz CT molecular complexity index is 1600. The molecule has 14 heteroatoms. The Hall–Kier alpha value is -3.81. The van der Waals surface area contributed by atoms with Crippen molar-refractivity contribution < 1.29 is 27.7 Å². The first kappa shape index (κ1) is 28.3. The number of thioether (sulfide) groups is 1. The highest BCUT2D eigenvalue weighted by atomic mass is 35.5. The van der Waals surface area contributed by atoms with Crippen LogP contribution in [0, 0.1) is 10.1 Å². The largest absolute Gasteiger partial charge is 0.416 e. The summed E-state index contributed by atoms with van der Waals surface area (Å²) in [7, 11) is 0. The number of carbonyl (C=O) groups is 2. The van der Waals surface area contributed by atoms with Crippen molar-refractivity contribution in [1.82, 2.24) is 4.90 Å². The van der Waals surface area contributed by atoms with Crippen LogP contribution in [0.25, 0.3) is 0 Å². The summed E-state index contributed by atoms with van der Waals surface area (Å²) in [6.45, 7) is 1.63. The molecule has 42 heavy (non-hydrogen) atoms. The molecule has 3 aromatic carbocycles. The molecule has 6 rings (SSSR count). The van der Waals surface area contributed by atoms with E-state index in [1.54, 1.807) is 34.1 Å². The number of carbonyl (C=O) groups excluding carboxylic acids is 2. The minimum Gasteiger partial charge on any atom is -0.363 e. The molecule has 1 unspecified atom stereocenters. The lowest BCUT2D eigenvalue weighted by Crippen LogP contribution is -2.54. The van der Waals surface area contributed by atoms with E-state index in [9.17, 15) is 32.9 Å². The molecular formula is C28H23ClF3N5O4S. The molecule has 0 bridgehead atoms. The Morgan fingerprint density at radius 3 is 2.38 bits per heavy atom. The van der Waals surface area contributed by atoms with Crippen LogP contribution >= 0.6 is 23.4 Å². The van der Waals surface area contributed by atoms with Crippen molar-refractivity contribution in [3.63, 3.8) is 0 Å². The van der Waals surface area contributed by atoms with Gasteiger partial charge in [0.15, 0.2) is 0 Å². The summed E-state index contributed by atoms with van der Waals surface area (Å²) in [6.07, 6.45) is -4.69. The summed E-state index contributed by atoms with van der Waals surface area (Å²) in [5.41, 5.74) is 0.337. The molecule has 3 aliphatic rings. The van der Waals surface area contributed by atoms with Gasteiger partial charge in [0.05, 0.1) is 28.6 Å². The van der Waals surface area contributed by atoms with E-state index in [-0.39, 0.29) is 29.9 Å². The minimum absolute atomic E-state index is 0.116. The third-order valence-electron chi connectivity index (χ3n) is 7.68. The van der Waals surface area contributed by atoms with E-state index in [4.69, 9.17) is 11.6 Å². The molecule has 0 aromatic heterocycles. The van der Waals surface area contributed by atoms with E-state index < -0.39 is 27.2 Å². The molecule has 0 aliphatic carbocycles. The molecule has 3 heterocycles. The van der Waals surface area contributed by atoms with Crippen molar-refractivity contribution in [3.8, 4) is 0 Å². The van der Waals surface area contributed by atoms with Crippen molar-refractivity contribution in [1.29, 1.82) is 0 Å². The summed E-state index contributed by atoms with van der Waals surface area (Å²) >= 11 is 7.49. The van der Waals surface area contributed by atoms with Crippen molar-refractivity contribution >= 4 is 57.9 Å². The number of para-hydroxylation sites is 1. The first-order valence-corrected chi connectivity index (χ1v) is 14.3. The fraction of sp³-hybridized carbons (Fsp3) is 0.286. The first-order chi connectivity index (χ1) is 20.0. The molecule has 2 saturated heterocycles. The molecule has 0 radical (unpaired) electrons. The lowest BCUT2D eigenvalue weighted by atomic mass is 10.0. The summed E-state index contributed by atoms with van der Waals surface area (Å²) < 4.78 is 39.5. The van der Waals surface area contributed by atoms with Gasteiger partial charge in [-0.2, -0.15) is 13.2 Å². The number of hydrogen-bond donors (Lipinski definition) is 0. The van der Waals surface area contributed by atoms with Crippen LogP contribution in [-0.2, 0) is 20.6 Å². The quantitative estimate of drug-likeness (QED) is 0.283. The number of nitrogens with zero attached hydrogens (tertiary/aromatic N) is 5. The highest BCUT2D eigenvalue weighted by Gasteiger charge is 2.61. The normalized spacial score (nSPS) is 21.0. The number of anilines is 3. The Morgan fingerprint density at radius 1 is 0.952 bits per heavy atom. The van der Waals surface area contributed by atoms with E-state index in [0.29, 0.717) is 54.2 Å². The lowest BCUT2D eigenvalue weighted by Gasteiger charge is -2.38. The maximum absolute atomic E-state index is 14.3. The Balaban J connectivity index is 1.24. The van der Waals surface area contributed by atoms with Crippen molar-refractivity contribution in [2.45, 2.75) is 11.0 Å². The fourth-order valence-electron chi connectivity index (χ4n) is 5.75. The Morgan fingerprint density at radius 2 is 1.69 bits per heavy atom. The van der Waals surface area contributed by atoms with Gasteiger partial charge in [-0.1, -0.05) is 35.9 Å². The van der Waals surface area contributed by atoms with Gasteiger partial charge in [0, 0.05) is 48.5 Å². The number of nitro benzene ring substituents is 1. The zero-order valence-electron chi connectivity index (χ0n) is 21.9. The summed E-state index contributed by atoms with van der Waals surface area (Å²) in [5, 5.41) is 12.0. The first-order valence-electron chi connectivity index (χ1n) is 13.0. The van der Waals surface area contributed by atoms with Gasteiger partial charge in [-0.3, -0.25) is 34.4 Å². The molecule has 3 aromatic rings. The lowest BCUT2D eigenvalue weighted by molar-refractivity contribution is -0.384. The van der Waals surface area contributed by atoms with Crippen LogP contribution in [0.4, 0.5) is 35.9 Å². The molecule has 1 spiro atoms. The highest BCUT2D eigenvalue weighted by Crippen LogP contribution is 2.55. The third-order valence-corrected chi connectivity index (χ3v) is 9.31. The maximum Gasteiger partial charge on any atom is 0.416 e. The second-order valence-corrected chi connectivity index (χ2v) is 11.7. The standard InChI is InChI=1S/C28H23ClF3N5O4S/c29-19-4-3-5-20(15-19)36-25(38)16-42-27(36)21-6-1-2-7-22(21)35(26(27)39)17-33-10-12-34(13-11-33)23-9-8-18(28(30,31)32)14-24(23)37(40)41/h1-9,14-15H,10-13,16-17H2. The second kappa shape index (κ2) is 10.5. The summed E-state index contributed by atoms with van der Waals surface area (Å²) in [5.74, 6) is -0.357. The summed E-state index contributed by atoms with van der Waals surface area (Å²) in [6, 6.07) is 16.7. The van der Waals surface area contributed by atoms with Crippen LogP contribution in [-0.4, -0.2) is 60.2 Å². The third kappa shape index (κ3) is 4.65. The molecule has 0 N–H and O–H groups in total. The predicted octanol–water partition coefficient (Wildman–Crippen LogP) is 5.33. The van der Waals surface area contributed by atoms with E-state index in [1.165, 1.54) is 16.7 Å². The summed E-state index contributed by atoms with van der Waals surface area (Å²) in [4.78, 5) is 43.8. The second-order valence-electron chi connectivity index (χ2n) is 10.1. The number of hydrogen-bond acceptors (Lipinski definition) is 7. The number of piperazine rings is 1. The van der Waals surface area contributed by atoms with E-state index in [0.717, 1.165) is 12.1 Å². The van der Waals surface area contributed by atoms with E-state index in [1.807, 2.05) is 29.2 Å². The number of alkyl halides is 3. The molecule has 9 nitrogen and oxygen atoms in total. The number of halogens is 4. The minimum atomic E-state index is -4.69. The van der Waals surface area contributed by atoms with Crippen LogP contribution in [0.1, 0.15) is 11.1 Å². The van der Waals surface area contributed by atoms with Gasteiger partial charge in [0.2, 0.25) is 10.8 Å². The SMILES string of the molecule is O=C1CSC2(C(=O)N(CN3CCN(c4ccc(C(F)(F)F)cc4[N+](=O)[O-])CC3)c3ccccc32)N1c1cccc(Cl)c1. The van der Waals surface area contributed by atoms with Crippen LogP contribution in [0.15, 0.2) is 66.7 Å². The monoisotopic (exact) mass is 617 g/mol. The predicted molar refractivity (Wildman–Crippen MR) is 154 cm³/mol. The van der Waals surface area contributed by atoms with Gasteiger partial charge >= 0.3 is 6.18 Å².